The monoisotopic (exact) mass is 223 g/mol. The van der Waals surface area contributed by atoms with Gasteiger partial charge in [-0.25, -0.2) is 4.39 Å². The van der Waals surface area contributed by atoms with Gasteiger partial charge in [0.1, 0.15) is 5.82 Å². The Morgan fingerprint density at radius 2 is 2.31 bits per heavy atom. The highest BCUT2D eigenvalue weighted by molar-refractivity contribution is 5.94. The summed E-state index contributed by atoms with van der Waals surface area (Å²) in [6, 6.07) is 4.47. The van der Waals surface area contributed by atoms with Crippen LogP contribution < -0.4 is 4.90 Å². The summed E-state index contributed by atoms with van der Waals surface area (Å²) in [6.07, 6.45) is 0.278. The van der Waals surface area contributed by atoms with Gasteiger partial charge in [0.25, 0.3) is 0 Å². The van der Waals surface area contributed by atoms with Crippen LogP contribution in [-0.4, -0.2) is 30.1 Å². The second-order valence-electron chi connectivity index (χ2n) is 4.11. The van der Waals surface area contributed by atoms with Crippen molar-refractivity contribution in [2.45, 2.75) is 19.4 Å². The molecule has 2 rings (SSSR count). The van der Waals surface area contributed by atoms with E-state index < -0.39 is 5.82 Å². The molecule has 0 spiro atoms. The van der Waals surface area contributed by atoms with Crippen molar-refractivity contribution in [2.24, 2.45) is 0 Å². The Balaban J connectivity index is 2.26. The van der Waals surface area contributed by atoms with Gasteiger partial charge < -0.3 is 10.0 Å². The lowest BCUT2D eigenvalue weighted by molar-refractivity contribution is 0.101. The van der Waals surface area contributed by atoms with Crippen LogP contribution in [-0.2, 0) is 0 Å². The number of carbonyl (C=O) groups is 1. The van der Waals surface area contributed by atoms with Gasteiger partial charge in [-0.15, -0.1) is 0 Å². The minimum Gasteiger partial charge on any atom is -0.391 e. The summed E-state index contributed by atoms with van der Waals surface area (Å²) in [7, 11) is 0. The number of hydrogen-bond donors (Lipinski definition) is 1. The van der Waals surface area contributed by atoms with Gasteiger partial charge in [-0.1, -0.05) is 0 Å². The SMILES string of the molecule is CC(=O)c1ccc(N2CCC(O)C2)c(F)c1. The fourth-order valence-corrected chi connectivity index (χ4v) is 1.94. The van der Waals surface area contributed by atoms with Crippen molar-refractivity contribution in [1.29, 1.82) is 0 Å². The number of Topliss-reactive ketones (excluding diaryl/α,β-unsaturated/α-hetero) is 1. The van der Waals surface area contributed by atoms with E-state index in [0.29, 0.717) is 30.8 Å². The van der Waals surface area contributed by atoms with E-state index in [1.54, 1.807) is 17.0 Å². The third-order valence-corrected chi connectivity index (χ3v) is 2.86. The standard InChI is InChI=1S/C12H14FNO2/c1-8(15)9-2-3-12(11(13)6-9)14-5-4-10(16)7-14/h2-3,6,10,16H,4-5,7H2,1H3. The van der Waals surface area contributed by atoms with Gasteiger partial charge >= 0.3 is 0 Å². The van der Waals surface area contributed by atoms with Crippen LogP contribution in [0, 0.1) is 5.82 Å². The van der Waals surface area contributed by atoms with E-state index in [1.807, 2.05) is 0 Å². The number of hydrogen-bond acceptors (Lipinski definition) is 3. The predicted octanol–water partition coefficient (Wildman–Crippen LogP) is 1.60. The number of β-amino-alcohol motifs (C(OH)–C–C–N with tert-alkyl or cyclic N) is 1. The Bertz CT molecular complexity index is 419. The molecule has 86 valence electrons. The lowest BCUT2D eigenvalue weighted by Gasteiger charge is -2.18. The minimum absolute atomic E-state index is 0.146. The van der Waals surface area contributed by atoms with Crippen LogP contribution in [0.15, 0.2) is 18.2 Å². The molecule has 0 saturated carbocycles. The molecule has 1 fully saturated rings. The van der Waals surface area contributed by atoms with E-state index in [4.69, 9.17) is 0 Å². The first-order valence-corrected chi connectivity index (χ1v) is 5.31. The van der Waals surface area contributed by atoms with Crippen LogP contribution in [0.1, 0.15) is 23.7 Å². The molecule has 3 nitrogen and oxygen atoms in total. The maximum Gasteiger partial charge on any atom is 0.159 e. The van der Waals surface area contributed by atoms with Gasteiger partial charge in [-0.2, -0.15) is 0 Å². The molecule has 1 atom stereocenters. The van der Waals surface area contributed by atoms with Crippen LogP contribution in [0.3, 0.4) is 0 Å². The highest BCUT2D eigenvalue weighted by Crippen LogP contribution is 2.24. The highest BCUT2D eigenvalue weighted by Gasteiger charge is 2.22. The molecule has 1 aromatic carbocycles. The number of anilines is 1. The van der Waals surface area contributed by atoms with Crippen LogP contribution >= 0.6 is 0 Å². The first kappa shape index (κ1) is 11.1. The average Bonchev–Trinajstić information content (AvgIpc) is 2.64. The Morgan fingerprint density at radius 1 is 1.56 bits per heavy atom. The second-order valence-corrected chi connectivity index (χ2v) is 4.11. The van der Waals surface area contributed by atoms with Crippen molar-refractivity contribution in [3.63, 3.8) is 0 Å². The molecular formula is C12H14FNO2. The molecule has 0 aromatic heterocycles. The van der Waals surface area contributed by atoms with Gasteiger partial charge in [0.05, 0.1) is 11.8 Å². The van der Waals surface area contributed by atoms with Gasteiger partial charge in [-0.05, 0) is 31.5 Å². The van der Waals surface area contributed by atoms with Gasteiger partial charge in [-0.3, -0.25) is 4.79 Å². The zero-order valence-electron chi connectivity index (χ0n) is 9.11. The third kappa shape index (κ3) is 2.07. The summed E-state index contributed by atoms with van der Waals surface area (Å²) in [6.45, 7) is 2.52. The Morgan fingerprint density at radius 3 is 2.81 bits per heavy atom. The number of benzene rings is 1. The van der Waals surface area contributed by atoms with E-state index in [-0.39, 0.29) is 11.9 Å². The topological polar surface area (TPSA) is 40.5 Å². The van der Waals surface area contributed by atoms with Gasteiger partial charge in [0, 0.05) is 18.7 Å². The lowest BCUT2D eigenvalue weighted by Crippen LogP contribution is -2.22. The number of aliphatic hydroxyl groups excluding tert-OH is 1. The molecule has 4 heteroatoms. The third-order valence-electron chi connectivity index (χ3n) is 2.86. The van der Waals surface area contributed by atoms with Crippen LogP contribution in [0.5, 0.6) is 0 Å². The summed E-state index contributed by atoms with van der Waals surface area (Å²) in [4.78, 5) is 12.9. The summed E-state index contributed by atoms with van der Waals surface area (Å²) in [5, 5.41) is 9.38. The molecule has 1 aliphatic rings. The van der Waals surface area contributed by atoms with Crippen molar-refractivity contribution in [3.05, 3.63) is 29.6 Å². The molecule has 0 bridgehead atoms. The maximum atomic E-state index is 13.7. The Hall–Kier alpha value is -1.42. The Labute approximate surface area is 93.5 Å². The highest BCUT2D eigenvalue weighted by atomic mass is 19.1. The van der Waals surface area contributed by atoms with E-state index >= 15 is 0 Å². The molecule has 1 aliphatic heterocycles. The molecule has 0 amide bonds. The minimum atomic E-state index is -0.401. The fourth-order valence-electron chi connectivity index (χ4n) is 1.94. The summed E-state index contributed by atoms with van der Waals surface area (Å²) < 4.78 is 13.7. The molecule has 0 aliphatic carbocycles. The van der Waals surface area contributed by atoms with Crippen LogP contribution in [0.4, 0.5) is 10.1 Å². The average molecular weight is 223 g/mol. The first-order chi connectivity index (χ1) is 7.58. The van der Waals surface area contributed by atoms with E-state index in [1.165, 1.54) is 13.0 Å². The lowest BCUT2D eigenvalue weighted by atomic mass is 10.1. The molecule has 1 saturated heterocycles. The van der Waals surface area contributed by atoms with Crippen molar-refractivity contribution < 1.29 is 14.3 Å². The summed E-state index contributed by atoms with van der Waals surface area (Å²) in [5.74, 6) is -0.547. The van der Waals surface area contributed by atoms with Crippen molar-refractivity contribution in [3.8, 4) is 0 Å². The number of halogens is 1. The normalized spacial score (nSPS) is 20.2. The molecule has 1 N–H and O–H groups in total. The quantitative estimate of drug-likeness (QED) is 0.774. The van der Waals surface area contributed by atoms with Crippen LogP contribution in [0.2, 0.25) is 0 Å². The zero-order valence-corrected chi connectivity index (χ0v) is 9.11. The van der Waals surface area contributed by atoms with E-state index in [9.17, 15) is 14.3 Å². The summed E-state index contributed by atoms with van der Waals surface area (Å²) in [5.41, 5.74) is 0.836. The number of ketones is 1. The van der Waals surface area contributed by atoms with Crippen molar-refractivity contribution in [2.75, 3.05) is 18.0 Å². The molecule has 1 heterocycles. The number of nitrogens with zero attached hydrogens (tertiary/aromatic N) is 1. The second kappa shape index (κ2) is 4.22. The number of carbonyl (C=O) groups excluding carboxylic acids is 1. The van der Waals surface area contributed by atoms with E-state index in [2.05, 4.69) is 0 Å². The molecule has 0 radical (unpaired) electrons. The molecular weight excluding hydrogens is 209 g/mol. The smallest absolute Gasteiger partial charge is 0.159 e. The van der Waals surface area contributed by atoms with Crippen molar-refractivity contribution in [1.82, 2.24) is 0 Å². The van der Waals surface area contributed by atoms with Gasteiger partial charge in [0.15, 0.2) is 5.78 Å². The largest absolute Gasteiger partial charge is 0.391 e. The van der Waals surface area contributed by atoms with Crippen LogP contribution in [0.25, 0.3) is 0 Å². The number of aliphatic hydroxyl groups is 1. The predicted molar refractivity (Wildman–Crippen MR) is 59.2 cm³/mol. The van der Waals surface area contributed by atoms with E-state index in [0.717, 1.165) is 0 Å². The first-order valence-electron chi connectivity index (χ1n) is 5.31. The van der Waals surface area contributed by atoms with Gasteiger partial charge in [0.2, 0.25) is 0 Å². The molecule has 1 unspecified atom stereocenters. The maximum absolute atomic E-state index is 13.7. The molecule has 1 aromatic rings. The number of rotatable bonds is 2. The fraction of sp³-hybridized carbons (Fsp3) is 0.417. The zero-order chi connectivity index (χ0) is 11.7. The van der Waals surface area contributed by atoms with Crippen molar-refractivity contribution >= 4 is 11.5 Å². The Kier molecular flexibility index (Phi) is 2.92. The summed E-state index contributed by atoms with van der Waals surface area (Å²) >= 11 is 0. The molecule has 16 heavy (non-hydrogen) atoms.